The van der Waals surface area contributed by atoms with Gasteiger partial charge in [0.05, 0.1) is 11.1 Å². The van der Waals surface area contributed by atoms with Crippen LogP contribution >= 0.6 is 0 Å². The Morgan fingerprint density at radius 3 is 1.59 bits per heavy atom. The lowest BCUT2D eigenvalue weighted by atomic mass is 10.1. The zero-order valence-electron chi connectivity index (χ0n) is 11.3. The molecular formula is C13H15NO8. The number of benzene rings is 1. The zero-order valence-corrected chi connectivity index (χ0v) is 11.3. The van der Waals surface area contributed by atoms with Gasteiger partial charge in [0.1, 0.15) is 6.04 Å². The van der Waals surface area contributed by atoms with Crippen LogP contribution in [0.5, 0.6) is 0 Å². The maximum absolute atomic E-state index is 10.5. The first kappa shape index (κ1) is 19.1. The third-order valence-electron chi connectivity index (χ3n) is 2.37. The van der Waals surface area contributed by atoms with Crippen LogP contribution in [0.3, 0.4) is 0 Å². The summed E-state index contributed by atoms with van der Waals surface area (Å²) in [6.45, 7) is 0. The van der Waals surface area contributed by atoms with Gasteiger partial charge in [0.25, 0.3) is 0 Å². The highest BCUT2D eigenvalue weighted by Gasteiger charge is 2.13. The van der Waals surface area contributed by atoms with Crippen LogP contribution in [0, 0.1) is 0 Å². The standard InChI is InChI=1S/C8H6O4.C5H9NO4/c9-7(10)5-3-1-2-4-6(5)8(11)12;6-3(5(9)10)1-2-4(7)8/h1-4H,(H,9,10)(H,11,12);3H,1-2,6H2,(H,7,8)(H,9,10)/t;3-/m.0/s1. The summed E-state index contributed by atoms with van der Waals surface area (Å²) in [4.78, 5) is 40.8. The fraction of sp³-hybridized carbons (Fsp3) is 0.231. The van der Waals surface area contributed by atoms with E-state index in [1.165, 1.54) is 24.3 Å². The SMILES string of the molecule is N[C@@H](CCC(=O)O)C(=O)O.O=C(O)c1ccccc1C(=O)O. The van der Waals surface area contributed by atoms with Gasteiger partial charge in [0, 0.05) is 6.42 Å². The maximum Gasteiger partial charge on any atom is 0.336 e. The minimum atomic E-state index is -1.23. The van der Waals surface area contributed by atoms with Crippen LogP contribution in [0.4, 0.5) is 0 Å². The highest BCUT2D eigenvalue weighted by Crippen LogP contribution is 2.07. The predicted molar refractivity (Wildman–Crippen MR) is 72.8 cm³/mol. The first-order valence-electron chi connectivity index (χ1n) is 5.92. The van der Waals surface area contributed by atoms with E-state index in [1.807, 2.05) is 0 Å². The molecule has 0 aliphatic heterocycles. The van der Waals surface area contributed by atoms with Gasteiger partial charge in [-0.05, 0) is 18.6 Å². The molecule has 9 nitrogen and oxygen atoms in total. The molecule has 0 unspecified atom stereocenters. The summed E-state index contributed by atoms with van der Waals surface area (Å²) in [5.74, 6) is -4.65. The van der Waals surface area contributed by atoms with E-state index in [4.69, 9.17) is 26.2 Å². The van der Waals surface area contributed by atoms with Gasteiger partial charge in [0.15, 0.2) is 0 Å². The van der Waals surface area contributed by atoms with Gasteiger partial charge in [-0.25, -0.2) is 9.59 Å². The third-order valence-corrected chi connectivity index (χ3v) is 2.37. The lowest BCUT2D eigenvalue weighted by Gasteiger charge is -2.01. The first-order valence-corrected chi connectivity index (χ1v) is 5.92. The first-order chi connectivity index (χ1) is 10.2. The minimum absolute atomic E-state index is 0.0231. The van der Waals surface area contributed by atoms with Crippen molar-refractivity contribution in [3.63, 3.8) is 0 Å². The summed E-state index contributed by atoms with van der Waals surface area (Å²) in [6.07, 6.45) is -0.224. The number of carboxylic acid groups (broad SMARTS) is 4. The van der Waals surface area contributed by atoms with Crippen molar-refractivity contribution in [2.24, 2.45) is 5.73 Å². The largest absolute Gasteiger partial charge is 0.481 e. The molecule has 1 aromatic rings. The lowest BCUT2D eigenvalue weighted by molar-refractivity contribution is -0.139. The predicted octanol–water partition coefficient (Wildman–Crippen LogP) is 0.346. The van der Waals surface area contributed by atoms with Crippen LogP contribution in [0.25, 0.3) is 0 Å². The Labute approximate surface area is 124 Å². The number of rotatable bonds is 6. The number of aliphatic carboxylic acids is 2. The Bertz CT molecular complexity index is 536. The Hall–Kier alpha value is -2.94. The van der Waals surface area contributed by atoms with Gasteiger partial charge >= 0.3 is 23.9 Å². The molecule has 0 saturated carbocycles. The number of hydrogen-bond acceptors (Lipinski definition) is 5. The molecule has 0 aromatic heterocycles. The van der Waals surface area contributed by atoms with E-state index in [1.54, 1.807) is 0 Å². The molecule has 1 rings (SSSR count). The highest BCUT2D eigenvalue weighted by molar-refractivity contribution is 6.01. The summed E-state index contributed by atoms with van der Waals surface area (Å²) in [7, 11) is 0. The molecule has 0 saturated heterocycles. The Kier molecular flexibility index (Phi) is 7.87. The van der Waals surface area contributed by atoms with Gasteiger partial charge < -0.3 is 26.2 Å². The summed E-state index contributed by atoms with van der Waals surface area (Å²) >= 11 is 0. The van der Waals surface area contributed by atoms with Gasteiger partial charge in [-0.2, -0.15) is 0 Å². The molecule has 9 heteroatoms. The molecule has 22 heavy (non-hydrogen) atoms. The second-order valence-electron chi connectivity index (χ2n) is 4.03. The Morgan fingerprint density at radius 1 is 0.909 bits per heavy atom. The topological polar surface area (TPSA) is 175 Å². The van der Waals surface area contributed by atoms with E-state index in [2.05, 4.69) is 0 Å². The average Bonchev–Trinajstić information content (AvgIpc) is 2.45. The number of carbonyl (C=O) groups is 4. The van der Waals surface area contributed by atoms with Crippen molar-refractivity contribution in [1.82, 2.24) is 0 Å². The van der Waals surface area contributed by atoms with Gasteiger partial charge in [-0.15, -0.1) is 0 Å². The Balaban J connectivity index is 0.000000409. The van der Waals surface area contributed by atoms with Crippen molar-refractivity contribution in [1.29, 1.82) is 0 Å². The third kappa shape index (κ3) is 7.01. The molecule has 0 spiro atoms. The van der Waals surface area contributed by atoms with Crippen molar-refractivity contribution in [2.75, 3.05) is 0 Å². The normalized spacial score (nSPS) is 10.8. The van der Waals surface area contributed by atoms with Crippen molar-refractivity contribution in [3.8, 4) is 0 Å². The van der Waals surface area contributed by atoms with E-state index in [-0.39, 0.29) is 24.0 Å². The maximum atomic E-state index is 10.5. The molecule has 0 amide bonds. The van der Waals surface area contributed by atoms with E-state index < -0.39 is 29.9 Å². The smallest absolute Gasteiger partial charge is 0.336 e. The van der Waals surface area contributed by atoms with Crippen LogP contribution in [-0.4, -0.2) is 50.3 Å². The van der Waals surface area contributed by atoms with Crippen LogP contribution in [0.15, 0.2) is 24.3 Å². The zero-order chi connectivity index (χ0) is 17.3. The lowest BCUT2D eigenvalue weighted by Crippen LogP contribution is -2.30. The molecule has 120 valence electrons. The molecule has 0 heterocycles. The van der Waals surface area contributed by atoms with Gasteiger partial charge in [-0.1, -0.05) is 12.1 Å². The second kappa shape index (κ2) is 9.08. The minimum Gasteiger partial charge on any atom is -0.481 e. The molecular weight excluding hydrogens is 298 g/mol. The van der Waals surface area contributed by atoms with Crippen molar-refractivity contribution < 1.29 is 39.6 Å². The molecule has 0 aliphatic carbocycles. The molecule has 0 radical (unpaired) electrons. The van der Waals surface area contributed by atoms with Crippen LogP contribution < -0.4 is 5.73 Å². The summed E-state index contributed by atoms with van der Waals surface area (Å²) in [5.41, 5.74) is 4.62. The number of carboxylic acids is 4. The van der Waals surface area contributed by atoms with Crippen molar-refractivity contribution >= 4 is 23.9 Å². The molecule has 0 aliphatic rings. The average molecular weight is 313 g/mol. The van der Waals surface area contributed by atoms with Gasteiger partial charge in [0.2, 0.25) is 0 Å². The summed E-state index contributed by atoms with van der Waals surface area (Å²) in [5, 5.41) is 33.4. The van der Waals surface area contributed by atoms with Crippen molar-refractivity contribution in [3.05, 3.63) is 35.4 Å². The van der Waals surface area contributed by atoms with E-state index in [0.29, 0.717) is 0 Å². The molecule has 1 aromatic carbocycles. The van der Waals surface area contributed by atoms with E-state index in [9.17, 15) is 19.2 Å². The van der Waals surface area contributed by atoms with E-state index >= 15 is 0 Å². The fourth-order valence-electron chi connectivity index (χ4n) is 1.26. The number of nitrogens with two attached hydrogens (primary N) is 1. The molecule has 0 bridgehead atoms. The molecule has 1 atom stereocenters. The molecule has 0 fully saturated rings. The molecule has 6 N–H and O–H groups in total. The Morgan fingerprint density at radius 2 is 1.32 bits per heavy atom. The highest BCUT2D eigenvalue weighted by atomic mass is 16.4. The monoisotopic (exact) mass is 313 g/mol. The number of aromatic carboxylic acids is 2. The summed E-state index contributed by atoms with van der Waals surface area (Å²) < 4.78 is 0. The van der Waals surface area contributed by atoms with E-state index in [0.717, 1.165) is 0 Å². The fourth-order valence-corrected chi connectivity index (χ4v) is 1.26. The number of hydrogen-bond donors (Lipinski definition) is 5. The quantitative estimate of drug-likeness (QED) is 0.495. The van der Waals surface area contributed by atoms with Crippen LogP contribution in [0.1, 0.15) is 33.6 Å². The second-order valence-corrected chi connectivity index (χ2v) is 4.03. The van der Waals surface area contributed by atoms with Gasteiger partial charge in [-0.3, -0.25) is 9.59 Å². The van der Waals surface area contributed by atoms with Crippen LogP contribution in [-0.2, 0) is 9.59 Å². The van der Waals surface area contributed by atoms with Crippen molar-refractivity contribution in [2.45, 2.75) is 18.9 Å². The summed E-state index contributed by atoms with van der Waals surface area (Å²) in [6, 6.07) is 4.42. The van der Waals surface area contributed by atoms with Crippen LogP contribution in [0.2, 0.25) is 0 Å².